The second-order valence-electron chi connectivity index (χ2n) is 8.03. The average molecular weight is 573 g/mol. The van der Waals surface area contributed by atoms with Gasteiger partial charge in [-0.05, 0) is 55.3 Å². The van der Waals surface area contributed by atoms with E-state index in [-0.39, 0.29) is 47.1 Å². The fourth-order valence-corrected chi connectivity index (χ4v) is 4.70. The van der Waals surface area contributed by atoms with Gasteiger partial charge >= 0.3 is 29.6 Å². The Kier molecular flexibility index (Phi) is 10.4. The second-order valence-corrected chi connectivity index (χ2v) is 9.28. The summed E-state index contributed by atoms with van der Waals surface area (Å²) in [7, 11) is 1.53. The van der Waals surface area contributed by atoms with Crippen molar-refractivity contribution >= 4 is 46.7 Å². The van der Waals surface area contributed by atoms with Crippen LogP contribution in [0.3, 0.4) is 0 Å². The molecule has 0 aliphatic carbocycles. The van der Waals surface area contributed by atoms with Gasteiger partial charge in [0, 0.05) is 51.2 Å². The zero-order valence-electron chi connectivity index (χ0n) is 20.1. The van der Waals surface area contributed by atoms with E-state index in [1.54, 1.807) is 42.5 Å². The van der Waals surface area contributed by atoms with E-state index in [1.807, 2.05) is 0 Å². The first-order valence-corrected chi connectivity index (χ1v) is 12.2. The van der Waals surface area contributed by atoms with Gasteiger partial charge < -0.3 is 29.4 Å². The topological polar surface area (TPSA) is 96.9 Å². The monoisotopic (exact) mass is 571 g/mol. The fraction of sp³-hybridized carbons (Fsp3) is 0.231. The summed E-state index contributed by atoms with van der Waals surface area (Å²) in [5, 5.41) is 15.4. The van der Waals surface area contributed by atoms with Crippen LogP contribution < -0.4 is 54.2 Å². The maximum atomic E-state index is 12.6. The molecule has 0 bridgehead atoms. The number of ether oxygens (including phenoxy) is 3. The third-order valence-electron chi connectivity index (χ3n) is 5.73. The molecule has 0 aromatic heterocycles. The summed E-state index contributed by atoms with van der Waals surface area (Å²) in [6.07, 6.45) is 0.777. The molecule has 1 aliphatic rings. The molecule has 1 N–H and O–H groups in total. The third kappa shape index (κ3) is 7.05. The van der Waals surface area contributed by atoms with Crippen LogP contribution in [0.1, 0.15) is 33.8 Å². The largest absolute Gasteiger partial charge is 1.00 e. The molecule has 0 radical (unpaired) electrons. The minimum Gasteiger partial charge on any atom is -0.549 e. The number of hydrogen-bond donors (Lipinski definition) is 1. The number of carbonyl (C=O) groups is 2. The predicted molar refractivity (Wildman–Crippen MR) is 135 cm³/mol. The molecule has 1 unspecified atom stereocenters. The number of methoxy groups -OCH3 is 1. The molecular formula is C26H21Cl3NNaO6. The third-order valence-corrected chi connectivity index (χ3v) is 6.58. The molecule has 0 fully saturated rings. The van der Waals surface area contributed by atoms with Crippen LogP contribution in [-0.4, -0.2) is 32.1 Å². The number of amides is 1. The Hall–Kier alpha value is -2.13. The van der Waals surface area contributed by atoms with Crippen molar-refractivity contribution in [3.63, 3.8) is 0 Å². The van der Waals surface area contributed by atoms with Crippen LogP contribution in [-0.2, 0) is 11.2 Å². The molecule has 0 saturated heterocycles. The number of nitrogens with one attached hydrogen (secondary N) is 1. The summed E-state index contributed by atoms with van der Waals surface area (Å²) in [6.45, 7) is 0.597. The van der Waals surface area contributed by atoms with Crippen LogP contribution in [0.2, 0.25) is 15.1 Å². The number of carboxylic acid groups (broad SMARTS) is 1. The van der Waals surface area contributed by atoms with E-state index in [9.17, 15) is 14.7 Å². The molecule has 0 spiro atoms. The molecule has 1 amide bonds. The molecule has 4 rings (SSSR count). The minimum absolute atomic E-state index is 0. The number of rotatable bonds is 8. The van der Waals surface area contributed by atoms with Crippen LogP contribution in [0, 0.1) is 0 Å². The van der Waals surface area contributed by atoms with Gasteiger partial charge in [-0.2, -0.15) is 0 Å². The average Bonchev–Trinajstić information content (AvgIpc) is 2.85. The molecule has 188 valence electrons. The Bertz CT molecular complexity index is 1300. The Morgan fingerprint density at radius 2 is 1.78 bits per heavy atom. The SMILES string of the molecule is COc1cc(Cl)cc(Cl)c1CCNC(=O)c1ccc(Oc2cc3c(cc2Cl)C(C(=O)[O-])CCO3)cc1.[Na+]. The zero-order valence-corrected chi connectivity index (χ0v) is 24.4. The Balaban J connectivity index is 0.00000380. The van der Waals surface area contributed by atoms with E-state index in [0.717, 1.165) is 5.56 Å². The van der Waals surface area contributed by atoms with Crippen molar-refractivity contribution in [2.24, 2.45) is 0 Å². The van der Waals surface area contributed by atoms with Crippen molar-refractivity contribution in [1.29, 1.82) is 0 Å². The molecule has 1 heterocycles. The molecule has 1 atom stereocenters. The molecule has 0 saturated carbocycles. The summed E-state index contributed by atoms with van der Waals surface area (Å²) in [5.41, 5.74) is 1.65. The molecule has 7 nitrogen and oxygen atoms in total. The number of carbonyl (C=O) groups excluding carboxylic acids is 2. The summed E-state index contributed by atoms with van der Waals surface area (Å²) in [4.78, 5) is 24.0. The van der Waals surface area contributed by atoms with Gasteiger partial charge in [0.15, 0.2) is 0 Å². The van der Waals surface area contributed by atoms with Crippen LogP contribution >= 0.6 is 34.8 Å². The summed E-state index contributed by atoms with van der Waals surface area (Å²) < 4.78 is 16.8. The van der Waals surface area contributed by atoms with E-state index in [2.05, 4.69) is 5.32 Å². The van der Waals surface area contributed by atoms with Gasteiger partial charge in [-0.25, -0.2) is 0 Å². The maximum absolute atomic E-state index is 12.6. The number of aliphatic carboxylic acids is 1. The van der Waals surface area contributed by atoms with Gasteiger partial charge in [-0.15, -0.1) is 0 Å². The summed E-state index contributed by atoms with van der Waals surface area (Å²) in [5.74, 6) is -0.519. The van der Waals surface area contributed by atoms with Gasteiger partial charge in [0.1, 0.15) is 23.0 Å². The van der Waals surface area contributed by atoms with E-state index in [0.29, 0.717) is 63.6 Å². The molecule has 3 aromatic carbocycles. The number of halogens is 3. The van der Waals surface area contributed by atoms with E-state index < -0.39 is 11.9 Å². The van der Waals surface area contributed by atoms with Crippen molar-refractivity contribution in [3.05, 3.63) is 80.3 Å². The van der Waals surface area contributed by atoms with Gasteiger partial charge in [0.2, 0.25) is 0 Å². The number of hydrogen-bond acceptors (Lipinski definition) is 6. The predicted octanol–water partition coefficient (Wildman–Crippen LogP) is 2.04. The first-order chi connectivity index (χ1) is 17.3. The molecule has 3 aromatic rings. The van der Waals surface area contributed by atoms with E-state index >= 15 is 0 Å². The summed E-state index contributed by atoms with van der Waals surface area (Å²) >= 11 is 18.6. The Labute approximate surface area is 251 Å². The van der Waals surface area contributed by atoms with Crippen molar-refractivity contribution in [1.82, 2.24) is 5.32 Å². The van der Waals surface area contributed by atoms with Gasteiger partial charge in [-0.3, -0.25) is 4.79 Å². The van der Waals surface area contributed by atoms with E-state index in [4.69, 9.17) is 49.0 Å². The first-order valence-electron chi connectivity index (χ1n) is 11.0. The van der Waals surface area contributed by atoms with Gasteiger partial charge in [-0.1, -0.05) is 34.8 Å². The smallest absolute Gasteiger partial charge is 0.549 e. The number of fused-ring (bicyclic) bond motifs is 1. The van der Waals surface area contributed by atoms with Crippen LogP contribution in [0.5, 0.6) is 23.0 Å². The van der Waals surface area contributed by atoms with E-state index in [1.165, 1.54) is 13.2 Å². The Morgan fingerprint density at radius 1 is 1.05 bits per heavy atom. The Morgan fingerprint density at radius 3 is 2.46 bits per heavy atom. The maximum Gasteiger partial charge on any atom is 1.00 e. The van der Waals surface area contributed by atoms with Crippen molar-refractivity contribution < 1.29 is 58.5 Å². The zero-order chi connectivity index (χ0) is 25.8. The van der Waals surface area contributed by atoms with Crippen molar-refractivity contribution in [2.45, 2.75) is 18.8 Å². The van der Waals surface area contributed by atoms with Gasteiger partial charge in [0.05, 0.1) is 18.7 Å². The molecule has 1 aliphatic heterocycles. The van der Waals surface area contributed by atoms with Crippen LogP contribution in [0.25, 0.3) is 0 Å². The molecular weight excluding hydrogens is 552 g/mol. The molecule has 11 heteroatoms. The number of benzene rings is 3. The van der Waals surface area contributed by atoms with Crippen molar-refractivity contribution in [2.75, 3.05) is 20.3 Å². The summed E-state index contributed by atoms with van der Waals surface area (Å²) in [6, 6.07) is 12.9. The minimum atomic E-state index is -1.17. The normalized spacial score (nSPS) is 14.0. The number of carboxylic acids is 1. The second kappa shape index (κ2) is 13.1. The quantitative estimate of drug-likeness (QED) is 0.415. The van der Waals surface area contributed by atoms with Crippen molar-refractivity contribution in [3.8, 4) is 23.0 Å². The fourth-order valence-electron chi connectivity index (χ4n) is 3.92. The van der Waals surface area contributed by atoms with Gasteiger partial charge in [0.25, 0.3) is 5.91 Å². The first kappa shape index (κ1) is 29.4. The standard InChI is InChI=1S/C26H22Cl3NO6.Na/c1-34-22-11-15(27)10-20(28)18(22)6-8-30-25(31)14-2-4-16(5-3-14)36-24-13-23-19(12-21(24)29)17(26(32)33)7-9-35-23;/h2-5,10-13,17H,6-9H2,1H3,(H,30,31)(H,32,33);/q;+1/p-1. The molecule has 37 heavy (non-hydrogen) atoms. The van der Waals surface area contributed by atoms with Crippen LogP contribution in [0.4, 0.5) is 0 Å². The van der Waals surface area contributed by atoms with Crippen LogP contribution in [0.15, 0.2) is 48.5 Å².